The van der Waals surface area contributed by atoms with Crippen LogP contribution in [0.3, 0.4) is 0 Å². The van der Waals surface area contributed by atoms with Gasteiger partial charge in [-0.15, -0.1) is 0 Å². The van der Waals surface area contributed by atoms with Gasteiger partial charge in [-0.2, -0.15) is 0 Å². The van der Waals surface area contributed by atoms with E-state index in [0.717, 1.165) is 11.3 Å². The van der Waals surface area contributed by atoms with Crippen LogP contribution in [0, 0.1) is 0 Å². The first-order valence-electron chi connectivity index (χ1n) is 5.19. The van der Waals surface area contributed by atoms with Crippen LogP contribution in [0.4, 0.5) is 0 Å². The van der Waals surface area contributed by atoms with Gasteiger partial charge in [0.05, 0.1) is 12.7 Å². The smallest absolute Gasteiger partial charge is 0.119 e. The third-order valence-electron chi connectivity index (χ3n) is 2.14. The van der Waals surface area contributed by atoms with Gasteiger partial charge in [0.1, 0.15) is 5.75 Å². The van der Waals surface area contributed by atoms with E-state index in [4.69, 9.17) is 10.3 Å². The summed E-state index contributed by atoms with van der Waals surface area (Å²) in [7, 11) is 0. The molecule has 0 bridgehead atoms. The number of aliphatic hydroxyl groups excluding tert-OH is 1. The highest BCUT2D eigenvalue weighted by Crippen LogP contribution is 2.20. The van der Waals surface area contributed by atoms with E-state index in [-0.39, 0.29) is 0 Å². The van der Waals surface area contributed by atoms with E-state index in [1.807, 2.05) is 31.2 Å². The lowest BCUT2D eigenvalue weighted by atomic mass is 10.1. The second kappa shape index (κ2) is 6.71. The molecule has 0 heterocycles. The monoisotopic (exact) mass is 221 g/mol. The summed E-state index contributed by atoms with van der Waals surface area (Å²) in [5.74, 6) is 0.786. The van der Waals surface area contributed by atoms with Crippen LogP contribution in [0.5, 0.6) is 5.75 Å². The zero-order valence-corrected chi connectivity index (χ0v) is 9.21. The fourth-order valence-electron chi connectivity index (χ4n) is 1.34. The lowest BCUT2D eigenvalue weighted by Crippen LogP contribution is -1.99. The quantitative estimate of drug-likeness (QED) is 0.455. The first-order valence-corrected chi connectivity index (χ1v) is 5.19. The molecule has 0 aliphatic heterocycles. The summed E-state index contributed by atoms with van der Waals surface area (Å²) < 4.78 is 5.29. The molecule has 0 fully saturated rings. The Kier molecular flexibility index (Phi) is 5.19. The summed E-state index contributed by atoms with van der Waals surface area (Å²) in [6, 6.07) is 7.25. The van der Waals surface area contributed by atoms with E-state index in [1.165, 1.54) is 0 Å². The second-order valence-electron chi connectivity index (χ2n) is 3.26. The highest BCUT2D eigenvalue weighted by molar-refractivity contribution is 5.28. The van der Waals surface area contributed by atoms with Crippen molar-refractivity contribution in [1.82, 2.24) is 0 Å². The van der Waals surface area contributed by atoms with E-state index in [2.05, 4.69) is 10.0 Å². The lowest BCUT2D eigenvalue weighted by Gasteiger charge is -2.10. The molecule has 0 amide bonds. The van der Waals surface area contributed by atoms with Gasteiger partial charge in [0.2, 0.25) is 0 Å². The molecule has 0 aliphatic rings. The van der Waals surface area contributed by atoms with E-state index >= 15 is 0 Å². The van der Waals surface area contributed by atoms with Crippen molar-refractivity contribution in [3.63, 3.8) is 0 Å². The van der Waals surface area contributed by atoms with Gasteiger partial charge in [0.25, 0.3) is 0 Å². The number of ether oxygens (including phenoxy) is 1. The van der Waals surface area contributed by atoms with Gasteiger partial charge >= 0.3 is 0 Å². The molecule has 86 valence electrons. The van der Waals surface area contributed by atoms with Crippen LogP contribution in [0.25, 0.3) is 10.4 Å². The zero-order chi connectivity index (χ0) is 11.8. The highest BCUT2D eigenvalue weighted by Gasteiger charge is 2.06. The fraction of sp³-hybridized carbons (Fsp3) is 0.455. The molecule has 5 nitrogen and oxygen atoms in total. The van der Waals surface area contributed by atoms with Crippen LogP contribution in [0.15, 0.2) is 29.4 Å². The Morgan fingerprint density at radius 3 is 2.69 bits per heavy atom. The number of aliphatic hydroxyl groups is 1. The molecule has 0 aliphatic carbocycles. The molecule has 0 saturated carbocycles. The Balaban J connectivity index is 2.55. The number of benzene rings is 1. The summed E-state index contributed by atoms with van der Waals surface area (Å²) in [4.78, 5) is 2.63. The number of azide groups is 1. The molecule has 1 rings (SSSR count). The molecular formula is C11H15N3O2. The molecule has 0 aromatic heterocycles. The molecule has 0 radical (unpaired) electrons. The molecule has 0 spiro atoms. The van der Waals surface area contributed by atoms with Crippen LogP contribution in [-0.4, -0.2) is 18.3 Å². The minimum absolute atomic E-state index is 0.297. The van der Waals surface area contributed by atoms with Crippen molar-refractivity contribution in [2.24, 2.45) is 5.11 Å². The van der Waals surface area contributed by atoms with Crippen molar-refractivity contribution >= 4 is 0 Å². The largest absolute Gasteiger partial charge is 0.494 e. The average Bonchev–Trinajstić information content (AvgIpc) is 2.30. The number of nitrogens with zero attached hydrogens (tertiary/aromatic N) is 3. The van der Waals surface area contributed by atoms with Gasteiger partial charge in [-0.25, -0.2) is 0 Å². The fourth-order valence-corrected chi connectivity index (χ4v) is 1.34. The summed E-state index contributed by atoms with van der Waals surface area (Å²) in [5.41, 5.74) is 8.91. The Hall–Kier alpha value is -1.71. The maximum atomic E-state index is 9.74. The van der Waals surface area contributed by atoms with Crippen LogP contribution in [0.1, 0.15) is 25.0 Å². The Morgan fingerprint density at radius 1 is 1.44 bits per heavy atom. The molecule has 5 heteroatoms. The van der Waals surface area contributed by atoms with Gasteiger partial charge in [0.15, 0.2) is 0 Å². The standard InChI is InChI=1S/C11H15N3O2/c1-2-16-10-5-3-9(4-6-10)11(15)7-8-13-14-12/h3-6,11,15H,2,7-8H2,1H3. The molecular weight excluding hydrogens is 206 g/mol. The van der Waals surface area contributed by atoms with Gasteiger partial charge in [-0.3, -0.25) is 0 Å². The van der Waals surface area contributed by atoms with Crippen molar-refractivity contribution < 1.29 is 9.84 Å². The molecule has 0 saturated heterocycles. The lowest BCUT2D eigenvalue weighted by molar-refractivity contribution is 0.170. The number of rotatable bonds is 6. The third kappa shape index (κ3) is 3.81. The first kappa shape index (κ1) is 12.4. The maximum absolute atomic E-state index is 9.74. The molecule has 1 unspecified atom stereocenters. The molecule has 1 atom stereocenters. The molecule has 16 heavy (non-hydrogen) atoms. The summed E-state index contributed by atoms with van der Waals surface area (Å²) in [6.07, 6.45) is -0.168. The predicted octanol–water partition coefficient (Wildman–Crippen LogP) is 2.82. The van der Waals surface area contributed by atoms with Gasteiger partial charge < -0.3 is 9.84 Å². The second-order valence-corrected chi connectivity index (χ2v) is 3.26. The topological polar surface area (TPSA) is 78.2 Å². The van der Waals surface area contributed by atoms with E-state index in [1.54, 1.807) is 0 Å². The van der Waals surface area contributed by atoms with Crippen LogP contribution >= 0.6 is 0 Å². The van der Waals surface area contributed by atoms with E-state index in [0.29, 0.717) is 19.6 Å². The normalized spacial score (nSPS) is 11.6. The van der Waals surface area contributed by atoms with Crippen molar-refractivity contribution in [1.29, 1.82) is 0 Å². The third-order valence-corrected chi connectivity index (χ3v) is 2.14. The predicted molar refractivity (Wildman–Crippen MR) is 61.2 cm³/mol. The number of hydrogen-bond acceptors (Lipinski definition) is 3. The number of hydrogen-bond donors (Lipinski definition) is 1. The van der Waals surface area contributed by atoms with Gasteiger partial charge in [0, 0.05) is 11.5 Å². The van der Waals surface area contributed by atoms with Crippen molar-refractivity contribution in [3.8, 4) is 5.75 Å². The van der Waals surface area contributed by atoms with E-state index < -0.39 is 6.10 Å². The summed E-state index contributed by atoms with van der Waals surface area (Å²) >= 11 is 0. The van der Waals surface area contributed by atoms with Gasteiger partial charge in [-0.1, -0.05) is 17.2 Å². The van der Waals surface area contributed by atoms with Crippen LogP contribution in [-0.2, 0) is 0 Å². The SMILES string of the molecule is CCOc1ccc(C(O)CCN=[N+]=[N-])cc1. The molecule has 1 aromatic carbocycles. The maximum Gasteiger partial charge on any atom is 0.119 e. The summed E-state index contributed by atoms with van der Waals surface area (Å²) in [6.45, 7) is 2.84. The summed E-state index contributed by atoms with van der Waals surface area (Å²) in [5, 5.41) is 13.1. The first-order chi connectivity index (χ1) is 7.77. The minimum atomic E-state index is -0.596. The van der Waals surface area contributed by atoms with Crippen LogP contribution in [0.2, 0.25) is 0 Å². The average molecular weight is 221 g/mol. The highest BCUT2D eigenvalue weighted by atomic mass is 16.5. The Morgan fingerprint density at radius 2 is 2.12 bits per heavy atom. The van der Waals surface area contributed by atoms with Gasteiger partial charge in [-0.05, 0) is 36.6 Å². The Labute approximate surface area is 94.3 Å². The van der Waals surface area contributed by atoms with Crippen molar-refractivity contribution in [3.05, 3.63) is 40.3 Å². The molecule has 1 N–H and O–H groups in total. The van der Waals surface area contributed by atoms with E-state index in [9.17, 15) is 5.11 Å². The van der Waals surface area contributed by atoms with Crippen LogP contribution < -0.4 is 4.74 Å². The van der Waals surface area contributed by atoms with Crippen molar-refractivity contribution in [2.75, 3.05) is 13.2 Å². The molecule has 1 aromatic rings. The zero-order valence-electron chi connectivity index (χ0n) is 9.21. The minimum Gasteiger partial charge on any atom is -0.494 e. The van der Waals surface area contributed by atoms with Crippen molar-refractivity contribution in [2.45, 2.75) is 19.4 Å². The Bertz CT molecular complexity index is 358.